The molecule has 0 aliphatic heterocycles. The number of nitrogen functional groups attached to an aromatic ring is 1. The van der Waals surface area contributed by atoms with Crippen LogP contribution in [0.1, 0.15) is 10.5 Å². The summed E-state index contributed by atoms with van der Waals surface area (Å²) in [6.45, 7) is 0. The van der Waals surface area contributed by atoms with Gasteiger partial charge in [-0.3, -0.25) is 4.79 Å². The van der Waals surface area contributed by atoms with Crippen molar-refractivity contribution in [1.29, 1.82) is 0 Å². The number of primary amides is 1. The van der Waals surface area contributed by atoms with Crippen LogP contribution in [0.15, 0.2) is 30.6 Å². The number of carbonyl (C=O) groups is 1. The number of carbonyl (C=O) groups excluding carboxylic acids is 1. The fraction of sp³-hybridized carbons (Fsp3) is 0. The Morgan fingerprint density at radius 3 is 2.80 bits per heavy atom. The fourth-order valence-corrected chi connectivity index (χ4v) is 1.14. The summed E-state index contributed by atoms with van der Waals surface area (Å²) < 4.78 is 1.44. The predicted octanol–water partition coefficient (Wildman–Crippen LogP) is -0.0516. The smallest absolute Gasteiger partial charge is 0.269 e. The van der Waals surface area contributed by atoms with Gasteiger partial charge in [0.05, 0.1) is 0 Å². The Labute approximate surface area is 85.5 Å². The van der Waals surface area contributed by atoms with E-state index in [1.807, 2.05) is 0 Å². The number of amides is 1. The van der Waals surface area contributed by atoms with Gasteiger partial charge in [0.25, 0.3) is 5.91 Å². The summed E-state index contributed by atoms with van der Waals surface area (Å²) in [4.78, 5) is 14.9. The summed E-state index contributed by atoms with van der Waals surface area (Å²) in [6.07, 6.45) is 3.16. The molecule has 0 radical (unpaired) electrons. The maximum absolute atomic E-state index is 10.8. The van der Waals surface area contributed by atoms with Gasteiger partial charge in [0.1, 0.15) is 5.69 Å². The van der Waals surface area contributed by atoms with Gasteiger partial charge >= 0.3 is 0 Å². The Balaban J connectivity index is 2.41. The van der Waals surface area contributed by atoms with Crippen LogP contribution in [0, 0.1) is 0 Å². The van der Waals surface area contributed by atoms with Gasteiger partial charge in [0, 0.05) is 24.1 Å². The molecule has 2 aromatic rings. The zero-order valence-corrected chi connectivity index (χ0v) is 7.79. The van der Waals surface area contributed by atoms with Crippen molar-refractivity contribution in [2.24, 2.45) is 5.73 Å². The summed E-state index contributed by atoms with van der Waals surface area (Å²) in [7, 11) is 0. The van der Waals surface area contributed by atoms with E-state index in [0.717, 1.165) is 0 Å². The monoisotopic (exact) mass is 203 g/mol. The van der Waals surface area contributed by atoms with Gasteiger partial charge in [-0.2, -0.15) is 5.10 Å². The van der Waals surface area contributed by atoms with E-state index in [1.54, 1.807) is 24.5 Å². The van der Waals surface area contributed by atoms with E-state index in [1.165, 1.54) is 10.7 Å². The third-order valence-electron chi connectivity index (χ3n) is 1.85. The van der Waals surface area contributed by atoms with Crippen molar-refractivity contribution < 1.29 is 4.79 Å². The van der Waals surface area contributed by atoms with Crippen molar-refractivity contribution in [2.45, 2.75) is 0 Å². The van der Waals surface area contributed by atoms with Crippen LogP contribution in [0.25, 0.3) is 5.82 Å². The van der Waals surface area contributed by atoms with Crippen molar-refractivity contribution >= 4 is 11.6 Å². The normalized spacial score (nSPS) is 10.1. The van der Waals surface area contributed by atoms with Crippen molar-refractivity contribution in [3.8, 4) is 5.82 Å². The molecule has 0 unspecified atom stereocenters. The molecule has 0 saturated heterocycles. The van der Waals surface area contributed by atoms with Crippen LogP contribution >= 0.6 is 0 Å². The zero-order valence-electron chi connectivity index (χ0n) is 7.79. The maximum Gasteiger partial charge on any atom is 0.269 e. The summed E-state index contributed by atoms with van der Waals surface area (Å²) in [5.41, 5.74) is 11.4. The second-order valence-electron chi connectivity index (χ2n) is 2.96. The lowest BCUT2D eigenvalue weighted by Crippen LogP contribution is -2.12. The predicted molar refractivity (Wildman–Crippen MR) is 54.3 cm³/mol. The molecule has 2 aromatic heterocycles. The number of nitrogens with two attached hydrogens (primary N) is 2. The van der Waals surface area contributed by atoms with Crippen LogP contribution < -0.4 is 11.5 Å². The molecule has 0 fully saturated rings. The second kappa shape index (κ2) is 3.41. The molecule has 0 aliphatic rings. The topological polar surface area (TPSA) is 99.8 Å². The van der Waals surface area contributed by atoms with E-state index < -0.39 is 5.91 Å². The highest BCUT2D eigenvalue weighted by molar-refractivity contribution is 5.90. The Kier molecular flexibility index (Phi) is 2.09. The van der Waals surface area contributed by atoms with Crippen LogP contribution in [0.3, 0.4) is 0 Å². The van der Waals surface area contributed by atoms with E-state index in [0.29, 0.717) is 11.5 Å². The molecule has 2 heterocycles. The summed E-state index contributed by atoms with van der Waals surface area (Å²) in [6, 6.07) is 4.84. The quantitative estimate of drug-likeness (QED) is 0.714. The highest BCUT2D eigenvalue weighted by Crippen LogP contribution is 2.08. The van der Waals surface area contributed by atoms with E-state index >= 15 is 0 Å². The first-order valence-corrected chi connectivity index (χ1v) is 4.24. The molecule has 15 heavy (non-hydrogen) atoms. The summed E-state index contributed by atoms with van der Waals surface area (Å²) in [5.74, 6) is -0.0276. The maximum atomic E-state index is 10.8. The number of hydrogen-bond donors (Lipinski definition) is 2. The van der Waals surface area contributed by atoms with Gasteiger partial charge < -0.3 is 11.5 Å². The van der Waals surface area contributed by atoms with Gasteiger partial charge in [-0.25, -0.2) is 9.67 Å². The van der Waals surface area contributed by atoms with E-state index in [4.69, 9.17) is 11.5 Å². The minimum atomic E-state index is -0.572. The molecular formula is C9H9N5O. The molecule has 0 aromatic carbocycles. The highest BCUT2D eigenvalue weighted by Gasteiger charge is 2.06. The first kappa shape index (κ1) is 9.20. The Morgan fingerprint density at radius 1 is 1.40 bits per heavy atom. The number of aromatic nitrogens is 3. The minimum Gasteiger partial charge on any atom is -0.399 e. The Morgan fingerprint density at radius 2 is 2.20 bits per heavy atom. The van der Waals surface area contributed by atoms with Crippen LogP contribution in [-0.4, -0.2) is 20.7 Å². The van der Waals surface area contributed by atoms with Crippen molar-refractivity contribution in [3.63, 3.8) is 0 Å². The molecule has 76 valence electrons. The average Bonchev–Trinajstić information content (AvgIpc) is 2.66. The molecule has 1 amide bonds. The van der Waals surface area contributed by atoms with E-state index in [2.05, 4.69) is 10.1 Å². The van der Waals surface area contributed by atoms with Crippen LogP contribution in [0.5, 0.6) is 0 Å². The molecule has 4 N–H and O–H groups in total. The Hall–Kier alpha value is -2.37. The summed E-state index contributed by atoms with van der Waals surface area (Å²) in [5, 5.41) is 3.95. The molecule has 0 bridgehead atoms. The third-order valence-corrected chi connectivity index (χ3v) is 1.85. The molecule has 6 heteroatoms. The molecular weight excluding hydrogens is 194 g/mol. The third kappa shape index (κ3) is 1.78. The van der Waals surface area contributed by atoms with Crippen molar-refractivity contribution in [1.82, 2.24) is 14.8 Å². The lowest BCUT2D eigenvalue weighted by molar-refractivity contribution is 0.0995. The molecule has 0 atom stereocenters. The van der Waals surface area contributed by atoms with Crippen LogP contribution in [0.4, 0.5) is 5.69 Å². The molecule has 2 rings (SSSR count). The van der Waals surface area contributed by atoms with E-state index in [9.17, 15) is 4.79 Å². The second-order valence-corrected chi connectivity index (χ2v) is 2.96. The van der Waals surface area contributed by atoms with Crippen molar-refractivity contribution in [3.05, 3.63) is 36.3 Å². The number of rotatable bonds is 2. The van der Waals surface area contributed by atoms with Gasteiger partial charge in [0.2, 0.25) is 0 Å². The van der Waals surface area contributed by atoms with Crippen LogP contribution in [0.2, 0.25) is 0 Å². The van der Waals surface area contributed by atoms with E-state index in [-0.39, 0.29) is 5.69 Å². The van der Waals surface area contributed by atoms with Gasteiger partial charge in [0.15, 0.2) is 5.82 Å². The first-order chi connectivity index (χ1) is 7.16. The number of anilines is 1. The lowest BCUT2D eigenvalue weighted by Gasteiger charge is -2.00. The number of pyridine rings is 1. The molecule has 6 nitrogen and oxygen atoms in total. The number of hydrogen-bond acceptors (Lipinski definition) is 4. The zero-order chi connectivity index (χ0) is 10.8. The summed E-state index contributed by atoms with van der Waals surface area (Å²) >= 11 is 0. The van der Waals surface area contributed by atoms with Gasteiger partial charge in [-0.05, 0) is 12.1 Å². The average molecular weight is 203 g/mol. The molecule has 0 saturated carbocycles. The molecule has 0 spiro atoms. The molecule has 0 aliphatic carbocycles. The number of nitrogens with zero attached hydrogens (tertiary/aromatic N) is 3. The lowest BCUT2D eigenvalue weighted by atomic mass is 10.4. The fourth-order valence-electron chi connectivity index (χ4n) is 1.14. The van der Waals surface area contributed by atoms with Gasteiger partial charge in [-0.15, -0.1) is 0 Å². The minimum absolute atomic E-state index is 0.194. The SMILES string of the molecule is NC(=O)c1ccn(-c2cc(N)ccn2)n1. The van der Waals surface area contributed by atoms with Crippen LogP contribution in [-0.2, 0) is 0 Å². The van der Waals surface area contributed by atoms with Gasteiger partial charge in [-0.1, -0.05) is 0 Å². The standard InChI is InChI=1S/C9H9N5O/c10-6-1-3-12-8(5-6)14-4-2-7(13-14)9(11)15/h1-5H,(H2,10,12)(H2,11,15). The Bertz CT molecular complexity index is 505. The first-order valence-electron chi connectivity index (χ1n) is 4.24. The van der Waals surface area contributed by atoms with Crippen molar-refractivity contribution in [2.75, 3.05) is 5.73 Å². The highest BCUT2D eigenvalue weighted by atomic mass is 16.1. The largest absolute Gasteiger partial charge is 0.399 e.